The fourth-order valence-electron chi connectivity index (χ4n) is 1.39. The first-order chi connectivity index (χ1) is 8.80. The number of pyridine rings is 1. The van der Waals surface area contributed by atoms with Crippen molar-refractivity contribution in [3.8, 4) is 0 Å². The van der Waals surface area contributed by atoms with Crippen molar-refractivity contribution in [2.45, 2.75) is 19.5 Å². The summed E-state index contributed by atoms with van der Waals surface area (Å²) in [6, 6.07) is 2.57. The van der Waals surface area contributed by atoms with Gasteiger partial charge in [0, 0.05) is 19.0 Å². The molecule has 0 radical (unpaired) electrons. The highest BCUT2D eigenvalue weighted by Crippen LogP contribution is 2.31. The van der Waals surface area contributed by atoms with Gasteiger partial charge in [0.15, 0.2) is 5.69 Å². The van der Waals surface area contributed by atoms with Gasteiger partial charge in [-0.25, -0.2) is 4.98 Å². The molecule has 0 fully saturated rings. The van der Waals surface area contributed by atoms with E-state index < -0.39 is 11.9 Å². The van der Waals surface area contributed by atoms with E-state index in [4.69, 9.17) is 5.73 Å². The van der Waals surface area contributed by atoms with Crippen molar-refractivity contribution >= 4 is 17.8 Å². The Kier molecular flexibility index (Phi) is 4.91. The molecule has 0 saturated carbocycles. The van der Waals surface area contributed by atoms with E-state index in [1.807, 2.05) is 0 Å². The zero-order chi connectivity index (χ0) is 14.5. The maximum Gasteiger partial charge on any atom is 0.434 e. The van der Waals surface area contributed by atoms with Gasteiger partial charge in [-0.05, 0) is 18.6 Å². The summed E-state index contributed by atoms with van der Waals surface area (Å²) in [5.74, 6) is -0.360. The summed E-state index contributed by atoms with van der Waals surface area (Å²) >= 11 is 0. The Balaban J connectivity index is 2.78. The quantitative estimate of drug-likeness (QED) is 0.826. The Morgan fingerprint density at radius 1 is 1.47 bits per heavy atom. The standard InChI is InChI=1S/C12H14F3N3O/c1-8(19)17-7-3-2-4-9-5-6-10(16)18-11(9)12(13,14)15/h2,4-6H,3,7H2,1H3,(H2,16,18)(H,17,19). The summed E-state index contributed by atoms with van der Waals surface area (Å²) in [6.45, 7) is 1.74. The molecular formula is C12H14F3N3O. The number of nitrogens with two attached hydrogens (primary N) is 1. The van der Waals surface area contributed by atoms with Crippen molar-refractivity contribution in [2.24, 2.45) is 0 Å². The van der Waals surface area contributed by atoms with Crippen LogP contribution < -0.4 is 11.1 Å². The van der Waals surface area contributed by atoms with Crippen LogP contribution in [-0.4, -0.2) is 17.4 Å². The van der Waals surface area contributed by atoms with Crippen LogP contribution in [0.15, 0.2) is 18.2 Å². The van der Waals surface area contributed by atoms with Crippen LogP contribution in [0.5, 0.6) is 0 Å². The molecule has 104 valence electrons. The smallest absolute Gasteiger partial charge is 0.384 e. The molecule has 0 aliphatic rings. The number of nitrogen functional groups attached to an aromatic ring is 1. The molecule has 19 heavy (non-hydrogen) atoms. The van der Waals surface area contributed by atoms with Gasteiger partial charge >= 0.3 is 6.18 Å². The minimum Gasteiger partial charge on any atom is -0.384 e. The second-order valence-electron chi connectivity index (χ2n) is 3.85. The Hall–Kier alpha value is -2.05. The lowest BCUT2D eigenvalue weighted by molar-refractivity contribution is -0.141. The number of hydrogen-bond donors (Lipinski definition) is 2. The van der Waals surface area contributed by atoms with Crippen LogP contribution >= 0.6 is 0 Å². The highest BCUT2D eigenvalue weighted by atomic mass is 19.4. The molecule has 7 heteroatoms. The largest absolute Gasteiger partial charge is 0.434 e. The van der Waals surface area contributed by atoms with Crippen LogP contribution in [0.25, 0.3) is 6.08 Å². The molecule has 1 heterocycles. The Bertz CT molecular complexity index is 484. The highest BCUT2D eigenvalue weighted by molar-refractivity contribution is 5.72. The SMILES string of the molecule is CC(=O)NCCC=Cc1ccc(N)nc1C(F)(F)F. The molecule has 4 nitrogen and oxygen atoms in total. The van der Waals surface area contributed by atoms with Crippen LogP contribution in [0.2, 0.25) is 0 Å². The number of nitrogens with one attached hydrogen (secondary N) is 1. The van der Waals surface area contributed by atoms with Gasteiger partial charge in [-0.15, -0.1) is 0 Å². The van der Waals surface area contributed by atoms with Crippen LogP contribution in [0.1, 0.15) is 24.6 Å². The molecular weight excluding hydrogens is 259 g/mol. The fraction of sp³-hybridized carbons (Fsp3) is 0.333. The molecule has 0 atom stereocenters. The van der Waals surface area contributed by atoms with Crippen molar-refractivity contribution in [2.75, 3.05) is 12.3 Å². The lowest BCUT2D eigenvalue weighted by atomic mass is 10.1. The van der Waals surface area contributed by atoms with Crippen molar-refractivity contribution in [3.05, 3.63) is 29.5 Å². The molecule has 0 bridgehead atoms. The number of carbonyl (C=O) groups is 1. The van der Waals surface area contributed by atoms with Gasteiger partial charge < -0.3 is 11.1 Å². The Morgan fingerprint density at radius 2 is 2.16 bits per heavy atom. The second kappa shape index (κ2) is 6.21. The van der Waals surface area contributed by atoms with Gasteiger partial charge in [0.25, 0.3) is 0 Å². The van der Waals surface area contributed by atoms with E-state index >= 15 is 0 Å². The van der Waals surface area contributed by atoms with E-state index in [9.17, 15) is 18.0 Å². The first-order valence-electron chi connectivity index (χ1n) is 5.55. The van der Waals surface area contributed by atoms with Gasteiger partial charge in [0.05, 0.1) is 0 Å². The zero-order valence-corrected chi connectivity index (χ0v) is 10.3. The summed E-state index contributed by atoms with van der Waals surface area (Å²) in [7, 11) is 0. The van der Waals surface area contributed by atoms with Crippen LogP contribution in [0.4, 0.5) is 19.0 Å². The molecule has 1 amide bonds. The van der Waals surface area contributed by atoms with E-state index in [0.29, 0.717) is 13.0 Å². The number of alkyl halides is 3. The third-order valence-electron chi connectivity index (χ3n) is 2.20. The predicted molar refractivity (Wildman–Crippen MR) is 66.0 cm³/mol. The summed E-state index contributed by atoms with van der Waals surface area (Å²) in [6.07, 6.45) is -1.26. The number of nitrogens with zero attached hydrogens (tertiary/aromatic N) is 1. The average molecular weight is 273 g/mol. The molecule has 0 saturated heterocycles. The summed E-state index contributed by atoms with van der Waals surface area (Å²) in [4.78, 5) is 13.9. The van der Waals surface area contributed by atoms with Crippen molar-refractivity contribution in [1.29, 1.82) is 0 Å². The lowest BCUT2D eigenvalue weighted by Crippen LogP contribution is -2.20. The van der Waals surface area contributed by atoms with Crippen molar-refractivity contribution in [1.82, 2.24) is 10.3 Å². The maximum atomic E-state index is 12.7. The van der Waals surface area contributed by atoms with E-state index in [1.54, 1.807) is 6.08 Å². The van der Waals surface area contributed by atoms with Gasteiger partial charge in [0.2, 0.25) is 5.91 Å². The average Bonchev–Trinajstić information content (AvgIpc) is 2.28. The number of amides is 1. The number of halogens is 3. The highest BCUT2D eigenvalue weighted by Gasteiger charge is 2.34. The summed E-state index contributed by atoms with van der Waals surface area (Å²) in [5, 5.41) is 2.54. The molecule has 1 rings (SSSR count). The normalized spacial score (nSPS) is 11.8. The van der Waals surface area contributed by atoms with Gasteiger partial charge in [-0.3, -0.25) is 4.79 Å². The summed E-state index contributed by atoms with van der Waals surface area (Å²) in [5.41, 5.74) is 4.19. The van der Waals surface area contributed by atoms with Crippen LogP contribution in [0, 0.1) is 0 Å². The number of hydrogen-bond acceptors (Lipinski definition) is 3. The van der Waals surface area contributed by atoms with E-state index in [-0.39, 0.29) is 17.3 Å². The van der Waals surface area contributed by atoms with E-state index in [0.717, 1.165) is 0 Å². The molecule has 0 aliphatic heterocycles. The van der Waals surface area contributed by atoms with Crippen molar-refractivity contribution < 1.29 is 18.0 Å². The predicted octanol–water partition coefficient (Wildman–Crippen LogP) is 2.22. The second-order valence-corrected chi connectivity index (χ2v) is 3.85. The van der Waals surface area contributed by atoms with E-state index in [2.05, 4.69) is 10.3 Å². The number of rotatable bonds is 4. The van der Waals surface area contributed by atoms with Gasteiger partial charge in [-0.2, -0.15) is 13.2 Å². The lowest BCUT2D eigenvalue weighted by Gasteiger charge is -2.09. The molecule has 0 spiro atoms. The van der Waals surface area contributed by atoms with Crippen molar-refractivity contribution in [3.63, 3.8) is 0 Å². The Morgan fingerprint density at radius 3 is 2.74 bits per heavy atom. The fourth-order valence-corrected chi connectivity index (χ4v) is 1.39. The summed E-state index contributed by atoms with van der Waals surface area (Å²) < 4.78 is 38.1. The topological polar surface area (TPSA) is 68.0 Å². The van der Waals surface area contributed by atoms with Crippen LogP contribution in [-0.2, 0) is 11.0 Å². The first kappa shape index (κ1) is 15.0. The minimum absolute atomic E-state index is 0.0514. The number of carbonyl (C=O) groups excluding carboxylic acids is 1. The van der Waals surface area contributed by atoms with Gasteiger partial charge in [-0.1, -0.05) is 12.2 Å². The molecule has 0 aromatic carbocycles. The van der Waals surface area contributed by atoms with E-state index in [1.165, 1.54) is 25.1 Å². The maximum absolute atomic E-state index is 12.7. The molecule has 0 unspecified atom stereocenters. The monoisotopic (exact) mass is 273 g/mol. The molecule has 0 aliphatic carbocycles. The molecule has 1 aromatic rings. The number of anilines is 1. The first-order valence-corrected chi connectivity index (χ1v) is 5.55. The van der Waals surface area contributed by atoms with Gasteiger partial charge in [0.1, 0.15) is 5.82 Å². The zero-order valence-electron chi connectivity index (χ0n) is 10.3. The molecule has 3 N–H and O–H groups in total. The minimum atomic E-state index is -4.55. The Labute approximate surface area is 108 Å². The molecule has 1 aromatic heterocycles. The third kappa shape index (κ3) is 4.99. The number of aromatic nitrogens is 1. The van der Waals surface area contributed by atoms with Crippen LogP contribution in [0.3, 0.4) is 0 Å². The third-order valence-corrected chi connectivity index (χ3v) is 2.20.